The smallest absolute Gasteiger partial charge is 0.246 e. The summed E-state index contributed by atoms with van der Waals surface area (Å²) in [5.41, 5.74) is 1.80. The number of rotatable bonds is 4. The second kappa shape index (κ2) is 5.87. The molecule has 1 fully saturated rings. The van der Waals surface area contributed by atoms with E-state index in [0.29, 0.717) is 0 Å². The van der Waals surface area contributed by atoms with Crippen molar-refractivity contribution >= 4 is 17.5 Å². The van der Waals surface area contributed by atoms with Crippen LogP contribution in [0.4, 0.5) is 5.69 Å². The SMILES string of the molecule is Cc1ccccc1NC(=O)C(C)NC(=O)C1CCC1. The van der Waals surface area contributed by atoms with E-state index < -0.39 is 6.04 Å². The lowest BCUT2D eigenvalue weighted by Crippen LogP contribution is -2.45. The molecule has 0 saturated heterocycles. The van der Waals surface area contributed by atoms with Crippen molar-refractivity contribution in [3.63, 3.8) is 0 Å². The normalized spacial score (nSPS) is 16.3. The molecule has 0 heterocycles. The van der Waals surface area contributed by atoms with Gasteiger partial charge in [-0.1, -0.05) is 24.6 Å². The second-order valence-electron chi connectivity index (χ2n) is 5.16. The number of carbonyl (C=O) groups is 2. The Hall–Kier alpha value is -1.84. The van der Waals surface area contributed by atoms with Gasteiger partial charge in [-0.3, -0.25) is 9.59 Å². The summed E-state index contributed by atoms with van der Waals surface area (Å²) < 4.78 is 0. The van der Waals surface area contributed by atoms with E-state index in [-0.39, 0.29) is 17.7 Å². The highest BCUT2D eigenvalue weighted by atomic mass is 16.2. The summed E-state index contributed by atoms with van der Waals surface area (Å²) in [6, 6.07) is 7.08. The third-order valence-corrected chi connectivity index (χ3v) is 3.63. The standard InChI is InChI=1S/C15H20N2O2/c1-10-6-3-4-9-13(10)17-14(18)11(2)16-15(19)12-7-5-8-12/h3-4,6,9,11-12H,5,7-8H2,1-2H3,(H,16,19)(H,17,18). The zero-order chi connectivity index (χ0) is 13.8. The molecule has 1 aliphatic rings. The zero-order valence-electron chi connectivity index (χ0n) is 11.4. The van der Waals surface area contributed by atoms with Crippen molar-refractivity contribution in [1.29, 1.82) is 0 Å². The number of aryl methyl sites for hydroxylation is 1. The molecule has 1 aromatic rings. The van der Waals surface area contributed by atoms with Gasteiger partial charge in [0, 0.05) is 11.6 Å². The van der Waals surface area contributed by atoms with Crippen LogP contribution >= 0.6 is 0 Å². The van der Waals surface area contributed by atoms with E-state index in [1.807, 2.05) is 31.2 Å². The molecule has 1 atom stereocenters. The molecule has 4 heteroatoms. The second-order valence-corrected chi connectivity index (χ2v) is 5.16. The molecular formula is C15H20N2O2. The van der Waals surface area contributed by atoms with Crippen molar-refractivity contribution in [2.45, 2.75) is 39.2 Å². The molecule has 1 aliphatic carbocycles. The highest BCUT2D eigenvalue weighted by molar-refractivity contribution is 5.97. The minimum absolute atomic E-state index is 0.00122. The summed E-state index contributed by atoms with van der Waals surface area (Å²) >= 11 is 0. The van der Waals surface area contributed by atoms with Gasteiger partial charge in [0.25, 0.3) is 0 Å². The van der Waals surface area contributed by atoms with Crippen LogP contribution in [-0.4, -0.2) is 17.9 Å². The van der Waals surface area contributed by atoms with E-state index in [1.165, 1.54) is 0 Å². The number of hydrogen-bond donors (Lipinski definition) is 2. The third-order valence-electron chi connectivity index (χ3n) is 3.63. The first-order valence-corrected chi connectivity index (χ1v) is 6.75. The Morgan fingerprint density at radius 1 is 1.26 bits per heavy atom. The van der Waals surface area contributed by atoms with Gasteiger partial charge in [0.2, 0.25) is 11.8 Å². The molecular weight excluding hydrogens is 240 g/mol. The Morgan fingerprint density at radius 3 is 2.53 bits per heavy atom. The van der Waals surface area contributed by atoms with E-state index in [4.69, 9.17) is 0 Å². The number of nitrogens with one attached hydrogen (secondary N) is 2. The van der Waals surface area contributed by atoms with Gasteiger partial charge in [-0.25, -0.2) is 0 Å². The van der Waals surface area contributed by atoms with Gasteiger partial charge in [-0.15, -0.1) is 0 Å². The summed E-state index contributed by atoms with van der Waals surface area (Å²) in [5, 5.41) is 5.61. The summed E-state index contributed by atoms with van der Waals surface area (Å²) in [7, 11) is 0. The van der Waals surface area contributed by atoms with Gasteiger partial charge in [0.1, 0.15) is 6.04 Å². The molecule has 0 bridgehead atoms. The molecule has 2 amide bonds. The predicted octanol–water partition coefficient (Wildman–Crippen LogP) is 2.24. The van der Waals surface area contributed by atoms with Gasteiger partial charge in [-0.2, -0.15) is 0 Å². The molecule has 102 valence electrons. The van der Waals surface area contributed by atoms with Crippen molar-refractivity contribution in [3.05, 3.63) is 29.8 Å². The Bertz CT molecular complexity index is 481. The molecule has 1 aromatic carbocycles. The molecule has 1 saturated carbocycles. The van der Waals surface area contributed by atoms with E-state index in [1.54, 1.807) is 6.92 Å². The van der Waals surface area contributed by atoms with E-state index >= 15 is 0 Å². The monoisotopic (exact) mass is 260 g/mol. The van der Waals surface area contributed by atoms with Crippen molar-refractivity contribution in [2.24, 2.45) is 5.92 Å². The average Bonchev–Trinajstić information content (AvgIpc) is 2.29. The summed E-state index contributed by atoms with van der Waals surface area (Å²) in [4.78, 5) is 23.8. The van der Waals surface area contributed by atoms with Crippen molar-refractivity contribution in [2.75, 3.05) is 5.32 Å². The minimum atomic E-state index is -0.507. The Kier molecular flexibility index (Phi) is 4.20. The Morgan fingerprint density at radius 2 is 1.95 bits per heavy atom. The van der Waals surface area contributed by atoms with Gasteiger partial charge in [0.15, 0.2) is 0 Å². The number of carbonyl (C=O) groups excluding carboxylic acids is 2. The first-order valence-electron chi connectivity index (χ1n) is 6.75. The molecule has 0 aliphatic heterocycles. The molecule has 2 N–H and O–H groups in total. The topological polar surface area (TPSA) is 58.2 Å². The molecule has 0 radical (unpaired) electrons. The molecule has 0 aromatic heterocycles. The molecule has 19 heavy (non-hydrogen) atoms. The first-order chi connectivity index (χ1) is 9.08. The van der Waals surface area contributed by atoms with Gasteiger partial charge < -0.3 is 10.6 Å². The van der Waals surface area contributed by atoms with Crippen LogP contribution in [-0.2, 0) is 9.59 Å². The fraction of sp³-hybridized carbons (Fsp3) is 0.467. The van der Waals surface area contributed by atoms with Crippen molar-refractivity contribution in [3.8, 4) is 0 Å². The van der Waals surface area contributed by atoms with Gasteiger partial charge >= 0.3 is 0 Å². The minimum Gasteiger partial charge on any atom is -0.344 e. The highest BCUT2D eigenvalue weighted by Gasteiger charge is 2.27. The van der Waals surface area contributed by atoms with Crippen LogP contribution in [0.15, 0.2) is 24.3 Å². The maximum atomic E-state index is 12.0. The van der Waals surface area contributed by atoms with E-state index in [9.17, 15) is 9.59 Å². The number of hydrogen-bond acceptors (Lipinski definition) is 2. The lowest BCUT2D eigenvalue weighted by molar-refractivity contribution is -0.130. The Balaban J connectivity index is 1.88. The lowest BCUT2D eigenvalue weighted by atomic mass is 9.84. The molecule has 2 rings (SSSR count). The largest absolute Gasteiger partial charge is 0.344 e. The summed E-state index contributed by atoms with van der Waals surface area (Å²) in [5.74, 6) is -0.0747. The zero-order valence-corrected chi connectivity index (χ0v) is 11.4. The van der Waals surface area contributed by atoms with Crippen LogP contribution in [0, 0.1) is 12.8 Å². The maximum absolute atomic E-state index is 12.0. The number of para-hydroxylation sites is 1. The van der Waals surface area contributed by atoms with Crippen LogP contribution in [0.2, 0.25) is 0 Å². The Labute approximate surface area is 113 Å². The predicted molar refractivity (Wildman–Crippen MR) is 74.8 cm³/mol. The van der Waals surface area contributed by atoms with Crippen molar-refractivity contribution in [1.82, 2.24) is 5.32 Å². The number of anilines is 1. The van der Waals surface area contributed by atoms with Crippen LogP contribution < -0.4 is 10.6 Å². The average molecular weight is 260 g/mol. The first kappa shape index (κ1) is 13.6. The quantitative estimate of drug-likeness (QED) is 0.872. The fourth-order valence-electron chi connectivity index (χ4n) is 2.02. The van der Waals surface area contributed by atoms with E-state index in [2.05, 4.69) is 10.6 Å². The maximum Gasteiger partial charge on any atom is 0.246 e. The van der Waals surface area contributed by atoms with Crippen LogP contribution in [0.1, 0.15) is 31.7 Å². The van der Waals surface area contributed by atoms with Crippen LogP contribution in [0.25, 0.3) is 0 Å². The highest BCUT2D eigenvalue weighted by Crippen LogP contribution is 2.26. The van der Waals surface area contributed by atoms with Crippen LogP contribution in [0.5, 0.6) is 0 Å². The van der Waals surface area contributed by atoms with Crippen molar-refractivity contribution < 1.29 is 9.59 Å². The number of amides is 2. The summed E-state index contributed by atoms with van der Waals surface area (Å²) in [6.07, 6.45) is 3.00. The lowest BCUT2D eigenvalue weighted by Gasteiger charge is -2.25. The summed E-state index contributed by atoms with van der Waals surface area (Å²) in [6.45, 7) is 3.65. The fourth-order valence-corrected chi connectivity index (χ4v) is 2.02. The van der Waals surface area contributed by atoms with Gasteiger partial charge in [0.05, 0.1) is 0 Å². The molecule has 0 spiro atoms. The third kappa shape index (κ3) is 3.34. The van der Waals surface area contributed by atoms with E-state index in [0.717, 1.165) is 30.5 Å². The van der Waals surface area contributed by atoms with Gasteiger partial charge in [-0.05, 0) is 38.3 Å². The number of benzene rings is 1. The van der Waals surface area contributed by atoms with Crippen LogP contribution in [0.3, 0.4) is 0 Å². The molecule has 4 nitrogen and oxygen atoms in total. The molecule has 1 unspecified atom stereocenters.